The lowest BCUT2D eigenvalue weighted by Gasteiger charge is -2.60. The van der Waals surface area contributed by atoms with Crippen LogP contribution in [-0.2, 0) is 9.59 Å². The molecule has 4 fully saturated rings. The number of halogens is 1. The zero-order valence-electron chi connectivity index (χ0n) is 15.8. The van der Waals surface area contributed by atoms with Gasteiger partial charge in [-0.1, -0.05) is 29.8 Å². The van der Waals surface area contributed by atoms with Gasteiger partial charge in [0.05, 0.1) is 11.4 Å². The second kappa shape index (κ2) is 6.12. The minimum atomic E-state index is -1.37. The Bertz CT molecular complexity index is 636. The summed E-state index contributed by atoms with van der Waals surface area (Å²) < 4.78 is 0. The van der Waals surface area contributed by atoms with Crippen LogP contribution < -0.4 is 0 Å². The first-order chi connectivity index (χ1) is 12.2. The van der Waals surface area contributed by atoms with E-state index in [1.54, 1.807) is 0 Å². The highest BCUT2D eigenvalue weighted by molar-refractivity contribution is 9.09. The van der Waals surface area contributed by atoms with Crippen LogP contribution in [0.3, 0.4) is 0 Å². The summed E-state index contributed by atoms with van der Waals surface area (Å²) in [4.78, 5) is 26.0. The molecular weight excluding hydrogens is 396 g/mol. The summed E-state index contributed by atoms with van der Waals surface area (Å²) in [6.45, 7) is 4.25. The molecule has 0 aromatic rings. The number of hydrogen-bond donors (Lipinski definition) is 2. The van der Waals surface area contributed by atoms with E-state index in [2.05, 4.69) is 22.9 Å². The van der Waals surface area contributed by atoms with Gasteiger partial charge in [0.1, 0.15) is 11.4 Å². The molecule has 4 saturated carbocycles. The van der Waals surface area contributed by atoms with Gasteiger partial charge >= 0.3 is 0 Å². The molecule has 0 aromatic carbocycles. The van der Waals surface area contributed by atoms with E-state index < -0.39 is 11.0 Å². The number of aliphatic hydroxyl groups is 2. The first-order valence-corrected chi connectivity index (χ1v) is 11.3. The lowest BCUT2D eigenvalue weighted by molar-refractivity contribution is -0.177. The molecule has 8 atom stereocenters. The average Bonchev–Trinajstić information content (AvgIpc) is 2.86. The predicted molar refractivity (Wildman–Crippen MR) is 102 cm³/mol. The van der Waals surface area contributed by atoms with Crippen LogP contribution in [0.1, 0.15) is 65.2 Å². The zero-order valence-corrected chi connectivity index (χ0v) is 17.4. The molecule has 0 bridgehead atoms. The Morgan fingerprint density at radius 2 is 1.92 bits per heavy atom. The van der Waals surface area contributed by atoms with Crippen LogP contribution in [0.2, 0.25) is 0 Å². The fourth-order valence-corrected chi connectivity index (χ4v) is 8.09. The van der Waals surface area contributed by atoms with Crippen LogP contribution in [0.25, 0.3) is 0 Å². The second-order valence-corrected chi connectivity index (χ2v) is 10.5. The molecule has 5 heteroatoms. The minimum absolute atomic E-state index is 0.0271. The normalized spacial score (nSPS) is 53.6. The van der Waals surface area contributed by atoms with Crippen molar-refractivity contribution in [2.75, 3.05) is 5.33 Å². The zero-order chi connectivity index (χ0) is 18.9. The van der Waals surface area contributed by atoms with Gasteiger partial charge in [0, 0.05) is 17.8 Å². The van der Waals surface area contributed by atoms with Crippen molar-refractivity contribution in [2.24, 2.45) is 34.5 Å². The van der Waals surface area contributed by atoms with Gasteiger partial charge in [0.25, 0.3) is 0 Å². The molecule has 2 N–H and O–H groups in total. The third-order valence-electron chi connectivity index (χ3n) is 9.06. The van der Waals surface area contributed by atoms with Crippen LogP contribution in [0, 0.1) is 34.5 Å². The third-order valence-corrected chi connectivity index (χ3v) is 9.57. The van der Waals surface area contributed by atoms with Crippen molar-refractivity contribution in [1.29, 1.82) is 0 Å². The summed E-state index contributed by atoms with van der Waals surface area (Å²) >= 11 is 3.23. The highest BCUT2D eigenvalue weighted by atomic mass is 79.9. The standard InChI is InChI=1S/C21H31BrO4/c1-19-7-5-13(23)9-12(19)3-4-14-15-6-8-21(26,17(25)11-22)20(15,2)10-16(24)18(14)19/h12-15,18,23,26H,3-11H2,1-2H3/t12-,13-,14-,15-,18+,19-,20-,21-/m0/s1. The number of Topliss-reactive ketones (excluding diaryl/α,β-unsaturated/α-hetero) is 2. The molecule has 4 nitrogen and oxygen atoms in total. The van der Waals surface area contributed by atoms with Crippen LogP contribution >= 0.6 is 15.9 Å². The number of hydrogen-bond acceptors (Lipinski definition) is 4. The van der Waals surface area contributed by atoms with E-state index in [1.807, 2.05) is 6.92 Å². The lowest BCUT2D eigenvalue weighted by Crippen LogP contribution is -2.62. The number of carbonyl (C=O) groups excluding carboxylic acids is 2. The van der Waals surface area contributed by atoms with Gasteiger partial charge in [0.15, 0.2) is 5.78 Å². The molecule has 26 heavy (non-hydrogen) atoms. The average molecular weight is 427 g/mol. The molecule has 4 aliphatic rings. The highest BCUT2D eigenvalue weighted by Gasteiger charge is 2.68. The van der Waals surface area contributed by atoms with E-state index in [0.29, 0.717) is 18.8 Å². The molecule has 0 aromatic heterocycles. The van der Waals surface area contributed by atoms with Gasteiger partial charge in [-0.15, -0.1) is 0 Å². The van der Waals surface area contributed by atoms with Crippen molar-refractivity contribution in [3.05, 3.63) is 0 Å². The first-order valence-electron chi connectivity index (χ1n) is 10.2. The Labute approximate surface area is 164 Å². The fourth-order valence-electron chi connectivity index (χ4n) is 7.62. The van der Waals surface area contributed by atoms with Crippen molar-refractivity contribution in [3.8, 4) is 0 Å². The summed E-state index contributed by atoms with van der Waals surface area (Å²) in [5, 5.41) is 21.5. The lowest BCUT2D eigenvalue weighted by atomic mass is 9.44. The number of fused-ring (bicyclic) bond motifs is 5. The topological polar surface area (TPSA) is 74.6 Å². The molecule has 0 amide bonds. The molecule has 4 rings (SSSR count). The van der Waals surface area contributed by atoms with Crippen LogP contribution in [0.4, 0.5) is 0 Å². The summed E-state index contributed by atoms with van der Waals surface area (Å²) in [7, 11) is 0. The Hall–Kier alpha value is -0.260. The SMILES string of the molecule is C[C@]12CC[C@H](O)C[C@@H]1CC[C@@H]1[C@@H]2C(=O)C[C@@]2(C)[C@H]1CC[C@]2(O)C(=O)CBr. The number of rotatable bonds is 2. The molecule has 0 unspecified atom stereocenters. The van der Waals surface area contributed by atoms with Gasteiger partial charge in [-0.25, -0.2) is 0 Å². The van der Waals surface area contributed by atoms with Crippen LogP contribution in [0.15, 0.2) is 0 Å². The van der Waals surface area contributed by atoms with E-state index >= 15 is 0 Å². The molecule has 0 radical (unpaired) electrons. The van der Waals surface area contributed by atoms with E-state index in [4.69, 9.17) is 0 Å². The van der Waals surface area contributed by atoms with Crippen molar-refractivity contribution >= 4 is 27.5 Å². The molecular formula is C21H31BrO4. The van der Waals surface area contributed by atoms with Crippen LogP contribution in [-0.4, -0.2) is 38.8 Å². The van der Waals surface area contributed by atoms with Crippen molar-refractivity contribution in [1.82, 2.24) is 0 Å². The smallest absolute Gasteiger partial charge is 0.175 e. The summed E-state index contributed by atoms with van der Waals surface area (Å²) in [5.41, 5.74) is -2.03. The molecule has 0 heterocycles. The molecule has 0 spiro atoms. The van der Waals surface area contributed by atoms with Gasteiger partial charge in [0.2, 0.25) is 0 Å². The monoisotopic (exact) mass is 426 g/mol. The van der Waals surface area contributed by atoms with Gasteiger partial charge in [-0.05, 0) is 68.1 Å². The fraction of sp³-hybridized carbons (Fsp3) is 0.905. The predicted octanol–water partition coefficient (Wildman–Crippen LogP) is 3.26. The maximum atomic E-state index is 13.4. The Morgan fingerprint density at radius 1 is 1.19 bits per heavy atom. The van der Waals surface area contributed by atoms with E-state index in [1.165, 1.54) is 0 Å². The van der Waals surface area contributed by atoms with Crippen molar-refractivity contribution in [3.63, 3.8) is 0 Å². The Balaban J connectivity index is 1.70. The molecule has 0 aliphatic heterocycles. The van der Waals surface area contributed by atoms with Crippen LogP contribution in [0.5, 0.6) is 0 Å². The summed E-state index contributed by atoms with van der Waals surface area (Å²) in [5.74, 6) is 1.05. The summed E-state index contributed by atoms with van der Waals surface area (Å²) in [6.07, 6.45) is 5.98. The molecule has 0 saturated heterocycles. The van der Waals surface area contributed by atoms with Gasteiger partial charge < -0.3 is 10.2 Å². The Morgan fingerprint density at radius 3 is 2.62 bits per heavy atom. The van der Waals surface area contributed by atoms with Gasteiger partial charge in [-0.2, -0.15) is 0 Å². The molecule has 146 valence electrons. The maximum absolute atomic E-state index is 13.4. The van der Waals surface area contributed by atoms with E-state index in [-0.39, 0.29) is 46.2 Å². The van der Waals surface area contributed by atoms with E-state index in [9.17, 15) is 19.8 Å². The minimum Gasteiger partial charge on any atom is -0.393 e. The van der Waals surface area contributed by atoms with Crippen molar-refractivity contribution in [2.45, 2.75) is 76.9 Å². The van der Waals surface area contributed by atoms with E-state index in [0.717, 1.165) is 38.5 Å². The number of alkyl halides is 1. The Kier molecular flexibility index (Phi) is 4.49. The highest BCUT2D eigenvalue weighted by Crippen LogP contribution is 2.67. The quantitative estimate of drug-likeness (QED) is 0.664. The summed E-state index contributed by atoms with van der Waals surface area (Å²) in [6, 6.07) is 0. The third kappa shape index (κ3) is 2.32. The van der Waals surface area contributed by atoms with Crippen molar-refractivity contribution < 1.29 is 19.8 Å². The second-order valence-electron chi connectivity index (χ2n) is 9.97. The largest absolute Gasteiger partial charge is 0.393 e. The number of ketones is 2. The maximum Gasteiger partial charge on any atom is 0.175 e. The number of aliphatic hydroxyl groups excluding tert-OH is 1. The van der Waals surface area contributed by atoms with Gasteiger partial charge in [-0.3, -0.25) is 9.59 Å². The first kappa shape index (κ1) is 19.1. The number of carbonyl (C=O) groups is 2. The molecule has 4 aliphatic carbocycles.